The number of amides is 1. The molecule has 138 valence electrons. The molecule has 0 bridgehead atoms. The Bertz CT molecular complexity index is 565. The average Bonchev–Trinajstić information content (AvgIpc) is 2.64. The van der Waals surface area contributed by atoms with Gasteiger partial charge in [0.25, 0.3) is 0 Å². The van der Waals surface area contributed by atoms with Crippen molar-refractivity contribution in [1.82, 2.24) is 5.32 Å². The van der Waals surface area contributed by atoms with Crippen molar-refractivity contribution in [3.05, 3.63) is 29.8 Å². The summed E-state index contributed by atoms with van der Waals surface area (Å²) >= 11 is 0. The fourth-order valence-electron chi connectivity index (χ4n) is 4.83. The van der Waals surface area contributed by atoms with Gasteiger partial charge in [0.15, 0.2) is 0 Å². The van der Waals surface area contributed by atoms with Gasteiger partial charge in [-0.3, -0.25) is 4.79 Å². The van der Waals surface area contributed by atoms with E-state index in [1.807, 2.05) is 0 Å². The Balaban J connectivity index is 1.64. The topological polar surface area (TPSA) is 32.3 Å². The van der Waals surface area contributed by atoms with Gasteiger partial charge in [-0.25, -0.2) is 0 Å². The maximum absolute atomic E-state index is 12.5. The third-order valence-electron chi connectivity index (χ3n) is 6.10. The predicted molar refractivity (Wildman–Crippen MR) is 105 cm³/mol. The van der Waals surface area contributed by atoms with Gasteiger partial charge in [0, 0.05) is 18.7 Å². The van der Waals surface area contributed by atoms with E-state index in [-0.39, 0.29) is 0 Å². The largest absolute Gasteiger partial charge is 0.317 e. The van der Waals surface area contributed by atoms with Crippen LogP contribution in [0.4, 0.5) is 5.69 Å². The van der Waals surface area contributed by atoms with E-state index in [1.165, 1.54) is 50.8 Å². The van der Waals surface area contributed by atoms with Crippen LogP contribution in [0.3, 0.4) is 0 Å². The molecule has 3 heteroatoms. The van der Waals surface area contributed by atoms with E-state index >= 15 is 0 Å². The molecule has 1 amide bonds. The molecule has 0 spiro atoms. The quantitative estimate of drug-likeness (QED) is 0.796. The zero-order chi connectivity index (χ0) is 17.6. The number of carbonyl (C=O) groups is 1. The Kier molecular flexibility index (Phi) is 6.52. The van der Waals surface area contributed by atoms with Crippen molar-refractivity contribution in [1.29, 1.82) is 0 Å². The van der Waals surface area contributed by atoms with Crippen molar-refractivity contribution in [2.24, 2.45) is 17.8 Å². The minimum absolute atomic E-state index is 0.305. The number of benzene rings is 1. The summed E-state index contributed by atoms with van der Waals surface area (Å²) in [7, 11) is 0. The molecule has 3 nitrogen and oxygen atoms in total. The normalized spacial score (nSPS) is 21.0. The Morgan fingerprint density at radius 2 is 1.96 bits per heavy atom. The average molecular weight is 343 g/mol. The lowest BCUT2D eigenvalue weighted by atomic mass is 9.77. The van der Waals surface area contributed by atoms with Crippen LogP contribution in [0.5, 0.6) is 0 Å². The smallest absolute Gasteiger partial charge is 0.227 e. The number of nitrogens with zero attached hydrogens (tertiary/aromatic N) is 1. The molecule has 2 unspecified atom stereocenters. The Morgan fingerprint density at radius 1 is 1.20 bits per heavy atom. The highest BCUT2D eigenvalue weighted by atomic mass is 16.2. The number of fused-ring (bicyclic) bond motifs is 1. The van der Waals surface area contributed by atoms with Crippen LogP contribution in [0.1, 0.15) is 57.9 Å². The van der Waals surface area contributed by atoms with Crippen LogP contribution in [0.15, 0.2) is 24.3 Å². The molecular weight excluding hydrogens is 308 g/mol. The first-order chi connectivity index (χ1) is 12.2. The van der Waals surface area contributed by atoms with Crippen molar-refractivity contribution < 1.29 is 4.79 Å². The SMILES string of the molecule is CCCC(CC(C)CN1C(=O)CCc2ccccc21)C1CCNCC1. The van der Waals surface area contributed by atoms with Crippen LogP contribution in [0.25, 0.3) is 0 Å². The maximum Gasteiger partial charge on any atom is 0.227 e. The summed E-state index contributed by atoms with van der Waals surface area (Å²) in [6.45, 7) is 7.88. The summed E-state index contributed by atoms with van der Waals surface area (Å²) < 4.78 is 0. The zero-order valence-electron chi connectivity index (χ0n) is 16.0. The molecule has 1 N–H and O–H groups in total. The fourth-order valence-corrected chi connectivity index (χ4v) is 4.83. The summed E-state index contributed by atoms with van der Waals surface area (Å²) in [5.41, 5.74) is 2.48. The molecule has 2 aliphatic heterocycles. The number of carbonyl (C=O) groups excluding carboxylic acids is 1. The van der Waals surface area contributed by atoms with Gasteiger partial charge in [-0.2, -0.15) is 0 Å². The number of anilines is 1. The number of para-hydroxylation sites is 1. The van der Waals surface area contributed by atoms with Gasteiger partial charge in [0.2, 0.25) is 5.91 Å². The number of aryl methyl sites for hydroxylation is 1. The van der Waals surface area contributed by atoms with Gasteiger partial charge in [-0.1, -0.05) is 44.9 Å². The maximum atomic E-state index is 12.5. The van der Waals surface area contributed by atoms with Crippen LogP contribution in [-0.2, 0) is 11.2 Å². The summed E-state index contributed by atoms with van der Waals surface area (Å²) in [5, 5.41) is 3.49. The molecule has 1 aromatic carbocycles. The lowest BCUT2D eigenvalue weighted by Gasteiger charge is -2.35. The lowest BCUT2D eigenvalue weighted by molar-refractivity contribution is -0.119. The number of hydrogen-bond acceptors (Lipinski definition) is 2. The second-order valence-electron chi connectivity index (χ2n) is 8.11. The zero-order valence-corrected chi connectivity index (χ0v) is 16.0. The highest BCUT2D eigenvalue weighted by Gasteiger charge is 2.28. The van der Waals surface area contributed by atoms with Crippen LogP contribution < -0.4 is 10.2 Å². The van der Waals surface area contributed by atoms with E-state index in [0.29, 0.717) is 18.2 Å². The summed E-state index contributed by atoms with van der Waals surface area (Å²) in [5.74, 6) is 2.55. The van der Waals surface area contributed by atoms with Crippen molar-refractivity contribution in [3.63, 3.8) is 0 Å². The second-order valence-corrected chi connectivity index (χ2v) is 8.11. The fraction of sp³-hybridized carbons (Fsp3) is 0.682. The molecule has 25 heavy (non-hydrogen) atoms. The van der Waals surface area contributed by atoms with E-state index in [1.54, 1.807) is 0 Å². The molecule has 1 aromatic rings. The summed E-state index contributed by atoms with van der Waals surface area (Å²) in [6, 6.07) is 8.44. The van der Waals surface area contributed by atoms with Gasteiger partial charge >= 0.3 is 0 Å². The number of rotatable bonds is 7. The van der Waals surface area contributed by atoms with Crippen molar-refractivity contribution in [2.45, 2.75) is 58.8 Å². The molecule has 2 heterocycles. The van der Waals surface area contributed by atoms with E-state index < -0.39 is 0 Å². The minimum atomic E-state index is 0.305. The van der Waals surface area contributed by atoms with Crippen molar-refractivity contribution >= 4 is 11.6 Å². The van der Waals surface area contributed by atoms with Crippen LogP contribution in [0, 0.1) is 17.8 Å². The molecule has 1 saturated heterocycles. The first kappa shape index (κ1) is 18.4. The van der Waals surface area contributed by atoms with Gasteiger partial charge < -0.3 is 10.2 Å². The predicted octanol–water partition coefficient (Wildman–Crippen LogP) is 4.41. The monoisotopic (exact) mass is 342 g/mol. The number of piperidine rings is 1. The Hall–Kier alpha value is -1.35. The molecular formula is C22H34N2O. The second kappa shape index (κ2) is 8.84. The first-order valence-electron chi connectivity index (χ1n) is 10.3. The Morgan fingerprint density at radius 3 is 2.72 bits per heavy atom. The molecule has 0 radical (unpaired) electrons. The Labute approximate surface area is 153 Å². The van der Waals surface area contributed by atoms with Gasteiger partial charge in [-0.15, -0.1) is 0 Å². The van der Waals surface area contributed by atoms with E-state index in [2.05, 4.69) is 48.3 Å². The van der Waals surface area contributed by atoms with Crippen LogP contribution in [0.2, 0.25) is 0 Å². The third kappa shape index (κ3) is 4.63. The van der Waals surface area contributed by atoms with Gasteiger partial charge in [-0.05, 0) is 68.2 Å². The standard InChI is InChI=1S/C22H34N2O/c1-3-6-20(18-11-13-23-14-12-18)15-17(2)16-24-21-8-5-4-7-19(21)9-10-22(24)25/h4-5,7-8,17-18,20,23H,3,6,9-16H2,1-2H3. The molecule has 0 aliphatic carbocycles. The lowest BCUT2D eigenvalue weighted by Crippen LogP contribution is -2.39. The van der Waals surface area contributed by atoms with Gasteiger partial charge in [0.05, 0.1) is 0 Å². The minimum Gasteiger partial charge on any atom is -0.317 e. The van der Waals surface area contributed by atoms with Crippen molar-refractivity contribution in [3.8, 4) is 0 Å². The van der Waals surface area contributed by atoms with E-state index in [4.69, 9.17) is 0 Å². The molecule has 2 atom stereocenters. The van der Waals surface area contributed by atoms with Gasteiger partial charge in [0.1, 0.15) is 0 Å². The number of nitrogens with one attached hydrogen (secondary N) is 1. The van der Waals surface area contributed by atoms with E-state index in [0.717, 1.165) is 30.5 Å². The molecule has 0 aromatic heterocycles. The molecule has 2 aliphatic rings. The summed E-state index contributed by atoms with van der Waals surface area (Å²) in [4.78, 5) is 14.6. The third-order valence-corrected chi connectivity index (χ3v) is 6.10. The van der Waals surface area contributed by atoms with Crippen molar-refractivity contribution in [2.75, 3.05) is 24.5 Å². The van der Waals surface area contributed by atoms with Crippen LogP contribution in [-0.4, -0.2) is 25.5 Å². The first-order valence-corrected chi connectivity index (χ1v) is 10.3. The number of hydrogen-bond donors (Lipinski definition) is 1. The van der Waals surface area contributed by atoms with E-state index in [9.17, 15) is 4.79 Å². The molecule has 3 rings (SSSR count). The summed E-state index contributed by atoms with van der Waals surface area (Å²) in [6.07, 6.45) is 8.06. The van der Waals surface area contributed by atoms with Crippen LogP contribution >= 0.6 is 0 Å². The highest BCUT2D eigenvalue weighted by Crippen LogP contribution is 2.33. The molecule has 0 saturated carbocycles. The highest BCUT2D eigenvalue weighted by molar-refractivity contribution is 5.96. The molecule has 1 fully saturated rings.